The summed E-state index contributed by atoms with van der Waals surface area (Å²) in [7, 11) is 0. The highest BCUT2D eigenvalue weighted by Gasteiger charge is 2.21. The summed E-state index contributed by atoms with van der Waals surface area (Å²) in [5.74, 6) is 0. The zero-order valence-electron chi connectivity index (χ0n) is 9.20. The molecule has 5 heteroatoms. The van der Waals surface area contributed by atoms with Crippen molar-refractivity contribution in [2.24, 2.45) is 0 Å². The monoisotopic (exact) mass is 314 g/mol. The molecule has 1 aromatic carbocycles. The molecule has 1 saturated heterocycles. The highest BCUT2D eigenvalue weighted by atomic mass is 79.9. The summed E-state index contributed by atoms with van der Waals surface area (Å²) in [5.41, 5.74) is 0.952. The van der Waals surface area contributed by atoms with Crippen molar-refractivity contribution in [2.45, 2.75) is 25.5 Å². The van der Waals surface area contributed by atoms with Gasteiger partial charge in [-0.25, -0.2) is 4.68 Å². The van der Waals surface area contributed by atoms with Crippen LogP contribution in [0.3, 0.4) is 0 Å². The van der Waals surface area contributed by atoms with Gasteiger partial charge in [-0.05, 0) is 47.3 Å². The maximum Gasteiger partial charge on any atom is 0.150 e. The third-order valence-electron chi connectivity index (χ3n) is 3.06. The van der Waals surface area contributed by atoms with Gasteiger partial charge >= 0.3 is 0 Å². The van der Waals surface area contributed by atoms with E-state index in [2.05, 4.69) is 21.0 Å². The number of fused-ring (bicyclic) bond motifs is 1. The van der Waals surface area contributed by atoms with Crippen LogP contribution in [0.25, 0.3) is 10.9 Å². The number of nitrogens with zero attached hydrogens (tertiary/aromatic N) is 2. The van der Waals surface area contributed by atoms with E-state index in [9.17, 15) is 0 Å². The van der Waals surface area contributed by atoms with Gasteiger partial charge in [0.05, 0.1) is 10.5 Å². The van der Waals surface area contributed by atoms with E-state index < -0.39 is 0 Å². The van der Waals surface area contributed by atoms with E-state index in [-0.39, 0.29) is 6.23 Å². The smallest absolute Gasteiger partial charge is 0.150 e. The second-order valence-electron chi connectivity index (χ2n) is 4.19. The Balaban J connectivity index is 2.15. The van der Waals surface area contributed by atoms with E-state index in [0.717, 1.165) is 40.0 Å². The molecule has 90 valence electrons. The number of halogens is 2. The van der Waals surface area contributed by atoms with Crippen LogP contribution < -0.4 is 0 Å². The van der Waals surface area contributed by atoms with E-state index in [0.29, 0.717) is 0 Å². The lowest BCUT2D eigenvalue weighted by atomic mass is 10.2. The summed E-state index contributed by atoms with van der Waals surface area (Å²) in [5, 5.41) is 6.25. The van der Waals surface area contributed by atoms with Crippen LogP contribution in [-0.2, 0) is 4.74 Å². The molecule has 1 fully saturated rings. The van der Waals surface area contributed by atoms with Crippen molar-refractivity contribution in [3.8, 4) is 0 Å². The van der Waals surface area contributed by atoms with Gasteiger partial charge in [-0.1, -0.05) is 17.7 Å². The maximum atomic E-state index is 6.26. The molecule has 0 saturated carbocycles. The van der Waals surface area contributed by atoms with Crippen molar-refractivity contribution in [1.82, 2.24) is 9.78 Å². The van der Waals surface area contributed by atoms with Gasteiger partial charge in [0.15, 0.2) is 6.23 Å². The first-order valence-electron chi connectivity index (χ1n) is 5.71. The first-order valence-corrected chi connectivity index (χ1v) is 6.88. The SMILES string of the molecule is Clc1cccc2c(Br)nn(C3CCCCO3)c12. The topological polar surface area (TPSA) is 27.1 Å². The van der Waals surface area contributed by atoms with Gasteiger partial charge in [0.25, 0.3) is 0 Å². The lowest BCUT2D eigenvalue weighted by Crippen LogP contribution is -2.19. The average Bonchev–Trinajstić information content (AvgIpc) is 2.70. The highest BCUT2D eigenvalue weighted by Crippen LogP contribution is 2.33. The summed E-state index contributed by atoms with van der Waals surface area (Å²) in [4.78, 5) is 0. The molecule has 0 radical (unpaired) electrons. The first kappa shape index (κ1) is 11.5. The van der Waals surface area contributed by atoms with Crippen molar-refractivity contribution >= 4 is 38.4 Å². The molecule has 2 heterocycles. The molecular weight excluding hydrogens is 304 g/mol. The minimum absolute atomic E-state index is 0.0115. The van der Waals surface area contributed by atoms with Crippen LogP contribution in [0.15, 0.2) is 22.8 Å². The van der Waals surface area contributed by atoms with Gasteiger partial charge in [-0.15, -0.1) is 0 Å². The van der Waals surface area contributed by atoms with E-state index >= 15 is 0 Å². The summed E-state index contributed by atoms with van der Waals surface area (Å²) < 4.78 is 8.49. The van der Waals surface area contributed by atoms with E-state index in [1.807, 2.05) is 22.9 Å². The van der Waals surface area contributed by atoms with Gasteiger partial charge in [-0.3, -0.25) is 0 Å². The van der Waals surface area contributed by atoms with E-state index in [1.165, 1.54) is 6.42 Å². The van der Waals surface area contributed by atoms with Crippen LogP contribution in [0, 0.1) is 0 Å². The fourth-order valence-corrected chi connectivity index (χ4v) is 2.99. The average molecular weight is 316 g/mol. The number of aromatic nitrogens is 2. The predicted octanol–water partition coefficient (Wildman–Crippen LogP) is 4.15. The zero-order valence-corrected chi connectivity index (χ0v) is 11.5. The van der Waals surface area contributed by atoms with Crippen molar-refractivity contribution in [3.63, 3.8) is 0 Å². The molecule has 2 aromatic rings. The Kier molecular flexibility index (Phi) is 3.11. The number of ether oxygens (including phenoxy) is 1. The standard InChI is InChI=1S/C12H12BrClN2O/c13-12-8-4-3-5-9(14)11(8)16(15-12)10-6-1-2-7-17-10/h3-5,10H,1-2,6-7H2. The summed E-state index contributed by atoms with van der Waals surface area (Å²) in [6, 6.07) is 5.83. The molecule has 0 N–H and O–H groups in total. The molecule has 0 spiro atoms. The quantitative estimate of drug-likeness (QED) is 0.790. The molecule has 3 nitrogen and oxygen atoms in total. The van der Waals surface area contributed by atoms with E-state index in [1.54, 1.807) is 0 Å². The zero-order chi connectivity index (χ0) is 11.8. The summed E-state index contributed by atoms with van der Waals surface area (Å²) in [6.07, 6.45) is 3.31. The summed E-state index contributed by atoms with van der Waals surface area (Å²) >= 11 is 9.73. The predicted molar refractivity (Wildman–Crippen MR) is 71.3 cm³/mol. The van der Waals surface area contributed by atoms with Crippen molar-refractivity contribution in [2.75, 3.05) is 6.61 Å². The minimum Gasteiger partial charge on any atom is -0.356 e. The fourth-order valence-electron chi connectivity index (χ4n) is 2.24. The molecular formula is C12H12BrClN2O. The molecule has 17 heavy (non-hydrogen) atoms. The Morgan fingerprint density at radius 2 is 2.29 bits per heavy atom. The third kappa shape index (κ3) is 1.98. The van der Waals surface area contributed by atoms with Gasteiger partial charge < -0.3 is 4.74 Å². The highest BCUT2D eigenvalue weighted by molar-refractivity contribution is 9.10. The number of hydrogen-bond acceptors (Lipinski definition) is 2. The Morgan fingerprint density at radius 1 is 1.41 bits per heavy atom. The van der Waals surface area contributed by atoms with Gasteiger partial charge in [-0.2, -0.15) is 5.10 Å². The van der Waals surface area contributed by atoms with Crippen molar-refractivity contribution in [3.05, 3.63) is 27.8 Å². The molecule has 1 aliphatic heterocycles. The molecule has 3 rings (SSSR count). The van der Waals surface area contributed by atoms with Crippen LogP contribution in [0.5, 0.6) is 0 Å². The first-order chi connectivity index (χ1) is 8.27. The van der Waals surface area contributed by atoms with Crippen LogP contribution in [-0.4, -0.2) is 16.4 Å². The maximum absolute atomic E-state index is 6.26. The molecule has 0 aliphatic carbocycles. The van der Waals surface area contributed by atoms with Crippen LogP contribution >= 0.6 is 27.5 Å². The van der Waals surface area contributed by atoms with Crippen LogP contribution in [0.2, 0.25) is 5.02 Å². The largest absolute Gasteiger partial charge is 0.356 e. The number of hydrogen-bond donors (Lipinski definition) is 0. The number of benzene rings is 1. The third-order valence-corrected chi connectivity index (χ3v) is 3.95. The normalized spacial score (nSPS) is 20.9. The molecule has 1 aromatic heterocycles. The van der Waals surface area contributed by atoms with Crippen LogP contribution in [0.4, 0.5) is 0 Å². The van der Waals surface area contributed by atoms with E-state index in [4.69, 9.17) is 16.3 Å². The molecule has 0 bridgehead atoms. The lowest BCUT2D eigenvalue weighted by molar-refractivity contribution is -0.0368. The summed E-state index contributed by atoms with van der Waals surface area (Å²) in [6.45, 7) is 0.800. The fraction of sp³-hybridized carbons (Fsp3) is 0.417. The Hall–Kier alpha value is -0.580. The Morgan fingerprint density at radius 3 is 3.06 bits per heavy atom. The molecule has 1 aliphatic rings. The van der Waals surface area contributed by atoms with Gasteiger partial charge in [0, 0.05) is 12.0 Å². The minimum atomic E-state index is 0.0115. The van der Waals surface area contributed by atoms with Gasteiger partial charge in [0.2, 0.25) is 0 Å². The molecule has 0 amide bonds. The Bertz CT molecular complexity index is 549. The van der Waals surface area contributed by atoms with Crippen molar-refractivity contribution in [1.29, 1.82) is 0 Å². The number of para-hydroxylation sites is 1. The van der Waals surface area contributed by atoms with Gasteiger partial charge in [0.1, 0.15) is 4.60 Å². The second-order valence-corrected chi connectivity index (χ2v) is 5.35. The Labute approximate surface area is 113 Å². The second kappa shape index (κ2) is 4.59. The van der Waals surface area contributed by atoms with Crippen molar-refractivity contribution < 1.29 is 4.74 Å². The van der Waals surface area contributed by atoms with Crippen LogP contribution in [0.1, 0.15) is 25.5 Å². The lowest BCUT2D eigenvalue weighted by Gasteiger charge is -2.23. The number of rotatable bonds is 1. The molecule has 1 atom stereocenters. The molecule has 1 unspecified atom stereocenters.